The summed E-state index contributed by atoms with van der Waals surface area (Å²) in [6.45, 7) is 0.652. The first-order chi connectivity index (χ1) is 21.6. The quantitative estimate of drug-likeness (QED) is 0.0428. The number of benzene rings is 1. The molecule has 0 saturated carbocycles. The number of hydrogen-bond acceptors (Lipinski definition) is 8. The number of carbonyl (C=O) groups is 4. The van der Waals surface area contributed by atoms with Gasteiger partial charge in [0.05, 0.1) is 12.4 Å². The van der Waals surface area contributed by atoms with Crippen LogP contribution >= 0.6 is 0 Å². The van der Waals surface area contributed by atoms with Crippen molar-refractivity contribution in [3.8, 4) is 0 Å². The van der Waals surface area contributed by atoms with Crippen molar-refractivity contribution in [2.45, 2.75) is 69.1 Å². The van der Waals surface area contributed by atoms with Gasteiger partial charge in [0.1, 0.15) is 18.1 Å². The molecular formula is C29H43N11O5. The molecule has 4 atom stereocenters. The Morgan fingerprint density at radius 3 is 2.24 bits per heavy atom. The average molecular weight is 626 g/mol. The third kappa shape index (κ3) is 10.9. The number of nitrogens with zero attached hydrogens (tertiary/aromatic N) is 2. The largest absolute Gasteiger partial charge is 0.480 e. The van der Waals surface area contributed by atoms with Crippen LogP contribution in [0.2, 0.25) is 0 Å². The Morgan fingerprint density at radius 1 is 0.889 bits per heavy atom. The predicted molar refractivity (Wildman–Crippen MR) is 169 cm³/mol. The number of nitrogens with two attached hydrogens (primary N) is 4. The Labute approximate surface area is 260 Å². The number of H-pyrrole nitrogens is 2. The highest BCUT2D eigenvalue weighted by molar-refractivity contribution is 5.95. The number of aliphatic imine (C=N–C) groups is 1. The number of amides is 3. The summed E-state index contributed by atoms with van der Waals surface area (Å²) in [6.07, 6.45) is 6.83. The number of guanidine groups is 1. The Bertz CT molecular complexity index is 1440. The van der Waals surface area contributed by atoms with E-state index in [0.717, 1.165) is 16.5 Å². The van der Waals surface area contributed by atoms with Gasteiger partial charge in [0, 0.05) is 48.4 Å². The van der Waals surface area contributed by atoms with Gasteiger partial charge in [-0.05, 0) is 43.9 Å². The number of para-hydroxylation sites is 1. The van der Waals surface area contributed by atoms with Crippen LogP contribution in [-0.2, 0) is 32.0 Å². The first-order valence-electron chi connectivity index (χ1n) is 14.8. The van der Waals surface area contributed by atoms with Crippen molar-refractivity contribution >= 4 is 40.6 Å². The van der Waals surface area contributed by atoms with E-state index in [4.69, 9.17) is 22.9 Å². The Balaban J connectivity index is 1.83. The molecule has 3 aromatic rings. The number of aromatic nitrogens is 3. The second kappa shape index (κ2) is 17.4. The van der Waals surface area contributed by atoms with Gasteiger partial charge in [0.2, 0.25) is 17.7 Å². The molecule has 0 saturated heterocycles. The van der Waals surface area contributed by atoms with Crippen molar-refractivity contribution < 1.29 is 24.3 Å². The van der Waals surface area contributed by atoms with Crippen LogP contribution < -0.4 is 38.9 Å². The van der Waals surface area contributed by atoms with Gasteiger partial charge in [-0.25, -0.2) is 9.78 Å². The zero-order valence-electron chi connectivity index (χ0n) is 25.0. The van der Waals surface area contributed by atoms with Crippen LogP contribution in [0.1, 0.15) is 43.4 Å². The lowest BCUT2D eigenvalue weighted by atomic mass is 10.0. The third-order valence-electron chi connectivity index (χ3n) is 7.21. The van der Waals surface area contributed by atoms with E-state index in [0.29, 0.717) is 37.9 Å². The Kier molecular flexibility index (Phi) is 13.3. The molecule has 1 aromatic carbocycles. The molecule has 0 spiro atoms. The molecule has 0 aliphatic carbocycles. The van der Waals surface area contributed by atoms with Gasteiger partial charge in [0.15, 0.2) is 5.96 Å². The summed E-state index contributed by atoms with van der Waals surface area (Å²) in [5.74, 6) is -3.28. The van der Waals surface area contributed by atoms with E-state index < -0.39 is 47.9 Å². The summed E-state index contributed by atoms with van der Waals surface area (Å²) in [5.41, 5.74) is 24.4. The van der Waals surface area contributed by atoms with Gasteiger partial charge in [-0.1, -0.05) is 24.6 Å². The molecule has 14 N–H and O–H groups in total. The molecular weight excluding hydrogens is 582 g/mol. The van der Waals surface area contributed by atoms with Crippen LogP contribution in [0.15, 0.2) is 48.0 Å². The summed E-state index contributed by atoms with van der Waals surface area (Å²) >= 11 is 0. The summed E-state index contributed by atoms with van der Waals surface area (Å²) in [6, 6.07) is 3.00. The number of imidazole rings is 1. The first-order valence-corrected chi connectivity index (χ1v) is 14.8. The molecule has 2 aromatic heterocycles. The van der Waals surface area contributed by atoms with Crippen molar-refractivity contribution in [2.24, 2.45) is 27.9 Å². The van der Waals surface area contributed by atoms with E-state index in [1.165, 1.54) is 12.5 Å². The molecule has 0 radical (unpaired) electrons. The van der Waals surface area contributed by atoms with Crippen LogP contribution in [0.3, 0.4) is 0 Å². The number of nitrogens with one attached hydrogen (secondary N) is 5. The number of aliphatic carboxylic acids is 1. The molecule has 4 unspecified atom stereocenters. The number of unbranched alkanes of at least 4 members (excludes halogenated alkanes) is 1. The van der Waals surface area contributed by atoms with Gasteiger partial charge in [-0.2, -0.15) is 0 Å². The zero-order chi connectivity index (χ0) is 32.8. The highest BCUT2D eigenvalue weighted by Crippen LogP contribution is 2.19. The highest BCUT2D eigenvalue weighted by atomic mass is 16.4. The van der Waals surface area contributed by atoms with Crippen molar-refractivity contribution in [1.82, 2.24) is 30.9 Å². The van der Waals surface area contributed by atoms with Crippen LogP contribution in [0, 0.1) is 0 Å². The van der Waals surface area contributed by atoms with E-state index in [1.54, 1.807) is 6.20 Å². The fourth-order valence-corrected chi connectivity index (χ4v) is 4.78. The number of aromatic amines is 2. The zero-order valence-corrected chi connectivity index (χ0v) is 25.0. The van der Waals surface area contributed by atoms with Crippen LogP contribution in [0.25, 0.3) is 10.9 Å². The van der Waals surface area contributed by atoms with E-state index in [9.17, 15) is 24.3 Å². The van der Waals surface area contributed by atoms with Crippen molar-refractivity contribution in [2.75, 3.05) is 13.1 Å². The van der Waals surface area contributed by atoms with Gasteiger partial charge < -0.3 is 54.0 Å². The molecule has 244 valence electrons. The fraction of sp³-hybridized carbons (Fsp3) is 0.448. The van der Waals surface area contributed by atoms with E-state index >= 15 is 0 Å². The highest BCUT2D eigenvalue weighted by Gasteiger charge is 2.31. The van der Waals surface area contributed by atoms with Crippen LogP contribution in [-0.4, -0.2) is 87.0 Å². The predicted octanol–water partition coefficient (Wildman–Crippen LogP) is -1.27. The number of fused-ring (bicyclic) bond motifs is 1. The maximum atomic E-state index is 13.7. The van der Waals surface area contributed by atoms with Crippen LogP contribution in [0.4, 0.5) is 0 Å². The van der Waals surface area contributed by atoms with E-state index in [2.05, 4.69) is 35.9 Å². The molecule has 0 aliphatic rings. The monoisotopic (exact) mass is 625 g/mol. The molecule has 0 fully saturated rings. The third-order valence-corrected chi connectivity index (χ3v) is 7.21. The minimum atomic E-state index is -1.26. The maximum absolute atomic E-state index is 13.7. The maximum Gasteiger partial charge on any atom is 0.326 e. The van der Waals surface area contributed by atoms with Crippen molar-refractivity contribution in [1.29, 1.82) is 0 Å². The number of carboxylic acids is 1. The molecule has 16 heteroatoms. The summed E-state index contributed by atoms with van der Waals surface area (Å²) in [7, 11) is 0. The van der Waals surface area contributed by atoms with Gasteiger partial charge >= 0.3 is 5.97 Å². The Morgan fingerprint density at radius 2 is 1.58 bits per heavy atom. The molecule has 2 heterocycles. The first kappa shape index (κ1) is 34.5. The van der Waals surface area contributed by atoms with Crippen molar-refractivity contribution in [3.63, 3.8) is 0 Å². The van der Waals surface area contributed by atoms with Gasteiger partial charge in [-0.15, -0.1) is 0 Å². The molecule has 0 aliphatic heterocycles. The second-order valence-corrected chi connectivity index (χ2v) is 10.7. The molecule has 3 amide bonds. The lowest BCUT2D eigenvalue weighted by Gasteiger charge is -2.25. The van der Waals surface area contributed by atoms with E-state index in [1.807, 2.05) is 24.3 Å². The lowest BCUT2D eigenvalue weighted by molar-refractivity contribution is -0.142. The number of rotatable bonds is 19. The average Bonchev–Trinajstić information content (AvgIpc) is 3.67. The molecule has 45 heavy (non-hydrogen) atoms. The van der Waals surface area contributed by atoms with Crippen LogP contribution in [0.5, 0.6) is 0 Å². The molecule has 16 nitrogen and oxygen atoms in total. The van der Waals surface area contributed by atoms with E-state index in [-0.39, 0.29) is 31.8 Å². The standard InChI is InChI=1S/C29H43N11O5/c30-10-4-3-7-20(31)25(41)39-24(13-18-15-34-16-37-18)27(43)40-23(12-17-14-36-21-8-2-1-6-19(17)21)26(42)38-22(28(44)45)9-5-11-35-29(32)33/h1-2,6,8,14-16,20,22-24,36H,3-5,7,9-13,30-31H2,(H,34,37)(H,38,42)(H,39,41)(H,40,43)(H,44,45)(H4,32,33,35). The summed E-state index contributed by atoms with van der Waals surface area (Å²) in [4.78, 5) is 66.1. The van der Waals surface area contributed by atoms with Crippen molar-refractivity contribution in [3.05, 3.63) is 54.2 Å². The topological polar surface area (TPSA) is 286 Å². The second-order valence-electron chi connectivity index (χ2n) is 10.7. The number of carbonyl (C=O) groups excluding carboxylic acids is 3. The molecule has 0 bridgehead atoms. The minimum Gasteiger partial charge on any atom is -0.480 e. The normalized spacial score (nSPS) is 13.7. The number of hydrogen-bond donors (Lipinski definition) is 10. The number of carboxylic acid groups (broad SMARTS) is 1. The summed E-state index contributed by atoms with van der Waals surface area (Å²) in [5, 5.41) is 18.6. The van der Waals surface area contributed by atoms with Gasteiger partial charge in [-0.3, -0.25) is 19.4 Å². The SMILES string of the molecule is NCCCCC(N)C(=O)NC(Cc1cnc[nH]1)C(=O)NC(Cc1c[nH]c2ccccc12)C(=O)NC(CCCN=C(N)N)C(=O)O. The smallest absolute Gasteiger partial charge is 0.326 e. The fourth-order valence-electron chi connectivity index (χ4n) is 4.78. The summed E-state index contributed by atoms with van der Waals surface area (Å²) < 4.78 is 0. The van der Waals surface area contributed by atoms with Gasteiger partial charge in [0.25, 0.3) is 0 Å². The Hall–Kier alpha value is -4.96. The minimum absolute atomic E-state index is 0.0330. The lowest BCUT2D eigenvalue weighted by Crippen LogP contribution is -2.58. The molecule has 3 rings (SSSR count).